The van der Waals surface area contributed by atoms with Gasteiger partial charge in [-0.3, -0.25) is 0 Å². The molecule has 0 aliphatic heterocycles. The lowest BCUT2D eigenvalue weighted by Gasteiger charge is -2.21. The van der Waals surface area contributed by atoms with Gasteiger partial charge < -0.3 is 19.5 Å². The van der Waals surface area contributed by atoms with Crippen molar-refractivity contribution in [3.05, 3.63) is 24.4 Å². The predicted octanol–water partition coefficient (Wildman–Crippen LogP) is 2.53. The summed E-state index contributed by atoms with van der Waals surface area (Å²) in [5, 5.41) is 7.20. The van der Waals surface area contributed by atoms with E-state index in [1.807, 2.05) is 33.9 Å². The van der Waals surface area contributed by atoms with E-state index in [0.29, 0.717) is 24.9 Å². The van der Waals surface area contributed by atoms with Crippen molar-refractivity contribution < 1.29 is 9.26 Å². The molecule has 0 amide bonds. The Kier molecular flexibility index (Phi) is 8.97. The highest BCUT2D eigenvalue weighted by Gasteiger charge is 2.14. The van der Waals surface area contributed by atoms with Crippen LogP contribution < -0.4 is 5.32 Å². The molecule has 0 aliphatic carbocycles. The van der Waals surface area contributed by atoms with E-state index in [1.165, 1.54) is 0 Å². The van der Waals surface area contributed by atoms with E-state index in [0.717, 1.165) is 31.9 Å². The molecule has 0 fully saturated rings. The first-order valence-electron chi connectivity index (χ1n) is 8.16. The van der Waals surface area contributed by atoms with Crippen LogP contribution in [0.5, 0.6) is 0 Å². The van der Waals surface area contributed by atoms with E-state index in [9.17, 15) is 0 Å². The van der Waals surface area contributed by atoms with Gasteiger partial charge in [-0.05, 0) is 33.6 Å². The number of guanidine groups is 1. The van der Waals surface area contributed by atoms with Gasteiger partial charge in [0.05, 0.1) is 0 Å². The van der Waals surface area contributed by atoms with E-state index < -0.39 is 0 Å². The van der Waals surface area contributed by atoms with Crippen LogP contribution in [0.4, 0.5) is 0 Å². The van der Waals surface area contributed by atoms with Gasteiger partial charge in [-0.25, -0.2) is 4.99 Å². The zero-order chi connectivity index (χ0) is 17.1. The van der Waals surface area contributed by atoms with Crippen LogP contribution in [-0.2, 0) is 11.3 Å². The summed E-state index contributed by atoms with van der Waals surface area (Å²) in [6.07, 6.45) is 3.79. The Morgan fingerprint density at radius 1 is 1.52 bits per heavy atom. The Balaban J connectivity index is 2.64. The van der Waals surface area contributed by atoms with Gasteiger partial charge in [-0.15, -0.1) is 6.58 Å². The van der Waals surface area contributed by atoms with Crippen molar-refractivity contribution in [1.82, 2.24) is 20.4 Å². The highest BCUT2D eigenvalue weighted by Crippen LogP contribution is 2.13. The van der Waals surface area contributed by atoms with Crippen LogP contribution in [0.15, 0.2) is 22.2 Å². The van der Waals surface area contributed by atoms with Crippen LogP contribution in [0.2, 0.25) is 0 Å². The van der Waals surface area contributed by atoms with Crippen molar-refractivity contribution in [2.24, 2.45) is 4.99 Å². The standard InChI is InChI=1S/C16H29N5O2/c1-6-9-10-11-21(5)16(17-7-2)18-12-14-19-15(20-23-14)13(4)22-8-3/h6,13H,1,7-12H2,2-5H3,(H,17,18). The molecule has 7 nitrogen and oxygen atoms in total. The third-order valence-electron chi connectivity index (χ3n) is 3.23. The number of aliphatic imine (C=N–C) groups is 1. The Labute approximate surface area is 138 Å². The van der Waals surface area contributed by atoms with Crippen molar-refractivity contribution in [1.29, 1.82) is 0 Å². The van der Waals surface area contributed by atoms with Crippen molar-refractivity contribution in [2.45, 2.75) is 46.3 Å². The molecule has 1 atom stereocenters. The van der Waals surface area contributed by atoms with E-state index in [1.54, 1.807) is 0 Å². The normalized spacial score (nSPS) is 13.0. The lowest BCUT2D eigenvalue weighted by Crippen LogP contribution is -2.39. The third kappa shape index (κ3) is 6.81. The fourth-order valence-electron chi connectivity index (χ4n) is 2.01. The molecule has 0 spiro atoms. The summed E-state index contributed by atoms with van der Waals surface area (Å²) in [4.78, 5) is 11.0. The lowest BCUT2D eigenvalue weighted by molar-refractivity contribution is 0.0683. The third-order valence-corrected chi connectivity index (χ3v) is 3.23. The van der Waals surface area contributed by atoms with Crippen molar-refractivity contribution in [2.75, 3.05) is 26.7 Å². The second-order valence-electron chi connectivity index (χ2n) is 5.17. The largest absolute Gasteiger partial charge is 0.371 e. The maximum Gasteiger partial charge on any atom is 0.248 e. The van der Waals surface area contributed by atoms with E-state index in [-0.39, 0.29) is 6.10 Å². The van der Waals surface area contributed by atoms with Gasteiger partial charge in [0, 0.05) is 26.7 Å². The molecule has 1 rings (SSSR count). The maximum absolute atomic E-state index is 5.45. The van der Waals surface area contributed by atoms with Crippen molar-refractivity contribution in [3.63, 3.8) is 0 Å². The Morgan fingerprint density at radius 3 is 2.96 bits per heavy atom. The van der Waals surface area contributed by atoms with Crippen LogP contribution in [0.1, 0.15) is 51.4 Å². The Morgan fingerprint density at radius 2 is 2.30 bits per heavy atom. The smallest absolute Gasteiger partial charge is 0.248 e. The molecule has 0 saturated carbocycles. The number of ether oxygens (including phenoxy) is 1. The Hall–Kier alpha value is -1.89. The highest BCUT2D eigenvalue weighted by molar-refractivity contribution is 5.79. The number of nitrogens with one attached hydrogen (secondary N) is 1. The zero-order valence-corrected chi connectivity index (χ0v) is 14.7. The number of nitrogens with zero attached hydrogens (tertiary/aromatic N) is 4. The molecule has 0 bridgehead atoms. The fourth-order valence-corrected chi connectivity index (χ4v) is 2.01. The summed E-state index contributed by atoms with van der Waals surface area (Å²) in [6.45, 7) is 12.3. The van der Waals surface area contributed by atoms with Gasteiger partial charge in [0.15, 0.2) is 11.8 Å². The van der Waals surface area contributed by atoms with Crippen molar-refractivity contribution >= 4 is 5.96 Å². The highest BCUT2D eigenvalue weighted by atomic mass is 16.5. The van der Waals surface area contributed by atoms with Crippen LogP contribution >= 0.6 is 0 Å². The van der Waals surface area contributed by atoms with Gasteiger partial charge in [0.25, 0.3) is 0 Å². The average Bonchev–Trinajstić information content (AvgIpc) is 3.01. The number of hydrogen-bond donors (Lipinski definition) is 1. The minimum absolute atomic E-state index is 0.170. The summed E-state index contributed by atoms with van der Waals surface area (Å²) in [6, 6.07) is 0. The summed E-state index contributed by atoms with van der Waals surface area (Å²) in [5.74, 6) is 1.87. The van der Waals surface area contributed by atoms with Gasteiger partial charge in [-0.2, -0.15) is 4.98 Å². The summed E-state index contributed by atoms with van der Waals surface area (Å²) < 4.78 is 10.7. The summed E-state index contributed by atoms with van der Waals surface area (Å²) in [7, 11) is 2.01. The van der Waals surface area contributed by atoms with Crippen LogP contribution in [0.25, 0.3) is 0 Å². The minimum Gasteiger partial charge on any atom is -0.371 e. The molecular weight excluding hydrogens is 294 g/mol. The topological polar surface area (TPSA) is 75.8 Å². The number of allylic oxidation sites excluding steroid dienone is 1. The molecule has 0 aliphatic rings. The first kappa shape index (κ1) is 19.2. The molecule has 7 heteroatoms. The maximum atomic E-state index is 5.45. The van der Waals surface area contributed by atoms with E-state index >= 15 is 0 Å². The molecule has 130 valence electrons. The molecule has 0 saturated heterocycles. The second-order valence-corrected chi connectivity index (χ2v) is 5.17. The second kappa shape index (κ2) is 10.8. The fraction of sp³-hybridized carbons (Fsp3) is 0.688. The average molecular weight is 323 g/mol. The first-order valence-corrected chi connectivity index (χ1v) is 8.16. The first-order chi connectivity index (χ1) is 11.1. The molecule has 0 radical (unpaired) electrons. The number of rotatable bonds is 10. The van der Waals surface area contributed by atoms with Crippen LogP contribution in [-0.4, -0.2) is 47.7 Å². The van der Waals surface area contributed by atoms with Gasteiger partial charge >= 0.3 is 0 Å². The number of hydrogen-bond acceptors (Lipinski definition) is 5. The molecule has 1 unspecified atom stereocenters. The lowest BCUT2D eigenvalue weighted by atomic mass is 10.3. The van der Waals surface area contributed by atoms with Gasteiger partial charge in [0.1, 0.15) is 12.6 Å². The molecule has 1 aromatic heterocycles. The SMILES string of the molecule is C=CCCCN(C)C(=NCc1nc(C(C)OCC)no1)NCC. The van der Waals surface area contributed by atoms with E-state index in [2.05, 4.69) is 31.9 Å². The molecule has 1 N–H and O–H groups in total. The molecule has 0 aromatic carbocycles. The molecule has 23 heavy (non-hydrogen) atoms. The van der Waals surface area contributed by atoms with Crippen LogP contribution in [0, 0.1) is 0 Å². The van der Waals surface area contributed by atoms with Gasteiger partial charge in [-0.1, -0.05) is 11.2 Å². The Bertz CT molecular complexity index is 487. The summed E-state index contributed by atoms with van der Waals surface area (Å²) in [5.41, 5.74) is 0. The zero-order valence-electron chi connectivity index (χ0n) is 14.7. The van der Waals surface area contributed by atoms with Crippen LogP contribution in [0.3, 0.4) is 0 Å². The minimum atomic E-state index is -0.170. The number of unbranched alkanes of at least 4 members (excludes halogenated alkanes) is 1. The molecule has 1 heterocycles. The molecular formula is C16H29N5O2. The van der Waals surface area contributed by atoms with Crippen molar-refractivity contribution in [3.8, 4) is 0 Å². The van der Waals surface area contributed by atoms with E-state index in [4.69, 9.17) is 9.26 Å². The monoisotopic (exact) mass is 323 g/mol. The quantitative estimate of drug-likeness (QED) is 0.309. The molecule has 1 aromatic rings. The summed E-state index contributed by atoms with van der Waals surface area (Å²) >= 11 is 0. The predicted molar refractivity (Wildman–Crippen MR) is 91.2 cm³/mol. The van der Waals surface area contributed by atoms with Gasteiger partial charge in [0.2, 0.25) is 5.89 Å². The number of aromatic nitrogens is 2.